The van der Waals surface area contributed by atoms with Crippen LogP contribution in [-0.4, -0.2) is 23.3 Å². The molecule has 126 valence electrons. The van der Waals surface area contributed by atoms with Crippen molar-refractivity contribution in [3.63, 3.8) is 0 Å². The van der Waals surface area contributed by atoms with E-state index in [-0.39, 0.29) is 24.2 Å². The number of hydrogen-bond acceptors (Lipinski definition) is 2. The van der Waals surface area contributed by atoms with Gasteiger partial charge in [-0.3, -0.25) is 9.59 Å². The van der Waals surface area contributed by atoms with Gasteiger partial charge in [0, 0.05) is 20.0 Å². The Hall–Kier alpha value is -2.69. The van der Waals surface area contributed by atoms with E-state index in [0.29, 0.717) is 6.54 Å². The van der Waals surface area contributed by atoms with E-state index < -0.39 is 6.04 Å². The maximum atomic E-state index is 13.1. The van der Waals surface area contributed by atoms with Crippen LogP contribution in [0.3, 0.4) is 0 Å². The van der Waals surface area contributed by atoms with E-state index in [9.17, 15) is 14.0 Å². The van der Waals surface area contributed by atoms with Crippen LogP contribution in [0.4, 0.5) is 4.39 Å². The van der Waals surface area contributed by atoms with Gasteiger partial charge in [0.15, 0.2) is 0 Å². The average molecular weight is 328 g/mol. The number of amides is 2. The van der Waals surface area contributed by atoms with Crippen molar-refractivity contribution in [1.82, 2.24) is 10.2 Å². The van der Waals surface area contributed by atoms with Crippen LogP contribution in [0, 0.1) is 5.82 Å². The highest BCUT2D eigenvalue weighted by Crippen LogP contribution is 2.23. The molecule has 0 radical (unpaired) electrons. The van der Waals surface area contributed by atoms with Crippen molar-refractivity contribution < 1.29 is 14.0 Å². The number of rotatable bonds is 6. The summed E-state index contributed by atoms with van der Waals surface area (Å²) in [6.07, 6.45) is 0. The lowest BCUT2D eigenvalue weighted by atomic mass is 10.0. The summed E-state index contributed by atoms with van der Waals surface area (Å²) in [6, 6.07) is 14.4. The second-order valence-electron chi connectivity index (χ2n) is 5.48. The highest BCUT2D eigenvalue weighted by atomic mass is 19.1. The van der Waals surface area contributed by atoms with Gasteiger partial charge in [-0.15, -0.1) is 0 Å². The Morgan fingerprint density at radius 3 is 2.25 bits per heavy atom. The van der Waals surface area contributed by atoms with E-state index in [0.717, 1.165) is 11.1 Å². The molecule has 0 fully saturated rings. The molecule has 5 heteroatoms. The second kappa shape index (κ2) is 8.24. The smallest absolute Gasteiger partial charge is 0.247 e. The van der Waals surface area contributed by atoms with Crippen LogP contribution in [0.15, 0.2) is 54.6 Å². The lowest BCUT2D eigenvalue weighted by Crippen LogP contribution is -2.42. The van der Waals surface area contributed by atoms with Crippen LogP contribution in [0.2, 0.25) is 0 Å². The first-order valence-corrected chi connectivity index (χ1v) is 7.87. The third-order valence-electron chi connectivity index (χ3n) is 3.70. The molecule has 0 aliphatic heterocycles. The number of likely N-dealkylation sites (N-methyl/N-ethyl adjacent to an activating group) is 1. The van der Waals surface area contributed by atoms with E-state index >= 15 is 0 Å². The molecule has 0 bridgehead atoms. The molecule has 0 heterocycles. The Bertz CT molecular complexity index is 686. The van der Waals surface area contributed by atoms with Gasteiger partial charge in [0.05, 0.1) is 0 Å². The summed E-state index contributed by atoms with van der Waals surface area (Å²) in [5.74, 6) is -0.795. The molecule has 0 spiro atoms. The standard InChI is InChI=1S/C19H21FN2O2/c1-3-21-19(24)18(16-7-5-4-6-8-16)22(14(2)23)13-15-9-11-17(20)12-10-15/h4-12,18H,3,13H2,1-2H3,(H,21,24)/t18-/m0/s1. The molecular formula is C19H21FN2O2. The maximum Gasteiger partial charge on any atom is 0.247 e. The first-order chi connectivity index (χ1) is 11.5. The van der Waals surface area contributed by atoms with Gasteiger partial charge in [-0.2, -0.15) is 0 Å². The minimum Gasteiger partial charge on any atom is -0.354 e. The highest BCUT2D eigenvalue weighted by molar-refractivity contribution is 5.88. The van der Waals surface area contributed by atoms with Crippen LogP contribution in [0.5, 0.6) is 0 Å². The summed E-state index contributed by atoms with van der Waals surface area (Å²) in [5, 5.41) is 2.78. The number of nitrogens with zero attached hydrogens (tertiary/aromatic N) is 1. The van der Waals surface area contributed by atoms with Crippen molar-refractivity contribution in [2.45, 2.75) is 26.4 Å². The molecule has 0 saturated heterocycles. The number of hydrogen-bond donors (Lipinski definition) is 1. The average Bonchev–Trinajstić information content (AvgIpc) is 2.57. The predicted octanol–water partition coefficient (Wildman–Crippen LogP) is 3.05. The van der Waals surface area contributed by atoms with Gasteiger partial charge in [0.2, 0.25) is 11.8 Å². The molecule has 2 aromatic carbocycles. The fourth-order valence-electron chi connectivity index (χ4n) is 2.55. The lowest BCUT2D eigenvalue weighted by molar-refractivity contribution is -0.140. The molecule has 0 unspecified atom stereocenters. The van der Waals surface area contributed by atoms with Gasteiger partial charge >= 0.3 is 0 Å². The summed E-state index contributed by atoms with van der Waals surface area (Å²) in [4.78, 5) is 26.3. The molecule has 0 aromatic heterocycles. The summed E-state index contributed by atoms with van der Waals surface area (Å²) < 4.78 is 13.1. The molecule has 2 rings (SSSR count). The number of nitrogens with one attached hydrogen (secondary N) is 1. The lowest BCUT2D eigenvalue weighted by Gasteiger charge is -2.30. The Balaban J connectivity index is 2.36. The monoisotopic (exact) mass is 328 g/mol. The fraction of sp³-hybridized carbons (Fsp3) is 0.263. The summed E-state index contributed by atoms with van der Waals surface area (Å²) in [7, 11) is 0. The number of carbonyl (C=O) groups is 2. The molecule has 2 amide bonds. The van der Waals surface area contributed by atoms with Crippen LogP contribution in [-0.2, 0) is 16.1 Å². The van der Waals surface area contributed by atoms with Crippen LogP contribution in [0.1, 0.15) is 31.0 Å². The molecule has 0 saturated carbocycles. The topological polar surface area (TPSA) is 49.4 Å². The van der Waals surface area contributed by atoms with Gasteiger partial charge in [-0.05, 0) is 30.2 Å². The van der Waals surface area contributed by atoms with Gasteiger partial charge in [-0.25, -0.2) is 4.39 Å². The van der Waals surface area contributed by atoms with Gasteiger partial charge in [0.1, 0.15) is 11.9 Å². The summed E-state index contributed by atoms with van der Waals surface area (Å²) in [6.45, 7) is 3.97. The minimum atomic E-state index is -0.728. The van der Waals surface area contributed by atoms with Crippen molar-refractivity contribution in [2.75, 3.05) is 6.54 Å². The molecule has 2 aromatic rings. The summed E-state index contributed by atoms with van der Waals surface area (Å²) in [5.41, 5.74) is 1.50. The van der Waals surface area contributed by atoms with E-state index in [2.05, 4.69) is 5.32 Å². The van der Waals surface area contributed by atoms with Crippen molar-refractivity contribution >= 4 is 11.8 Å². The van der Waals surface area contributed by atoms with E-state index in [1.807, 2.05) is 37.3 Å². The molecule has 24 heavy (non-hydrogen) atoms. The largest absolute Gasteiger partial charge is 0.354 e. The zero-order valence-electron chi connectivity index (χ0n) is 13.8. The first-order valence-electron chi connectivity index (χ1n) is 7.87. The number of carbonyl (C=O) groups excluding carboxylic acids is 2. The second-order valence-corrected chi connectivity index (χ2v) is 5.48. The van der Waals surface area contributed by atoms with E-state index in [4.69, 9.17) is 0 Å². The molecule has 1 atom stereocenters. The van der Waals surface area contributed by atoms with Gasteiger partial charge < -0.3 is 10.2 Å². The zero-order valence-corrected chi connectivity index (χ0v) is 13.8. The van der Waals surface area contributed by atoms with Crippen molar-refractivity contribution in [1.29, 1.82) is 0 Å². The van der Waals surface area contributed by atoms with Crippen LogP contribution in [0.25, 0.3) is 0 Å². The Labute approximate surface area is 141 Å². The molecule has 0 aliphatic carbocycles. The molecule has 0 aliphatic rings. The predicted molar refractivity (Wildman–Crippen MR) is 90.5 cm³/mol. The van der Waals surface area contributed by atoms with E-state index in [1.54, 1.807) is 12.1 Å². The number of benzene rings is 2. The Morgan fingerprint density at radius 1 is 1.08 bits per heavy atom. The minimum absolute atomic E-state index is 0.223. The van der Waals surface area contributed by atoms with Gasteiger partial charge in [-0.1, -0.05) is 42.5 Å². The third kappa shape index (κ3) is 4.41. The quantitative estimate of drug-likeness (QED) is 0.886. The maximum absolute atomic E-state index is 13.1. The SMILES string of the molecule is CCNC(=O)[C@H](c1ccccc1)N(Cc1ccc(F)cc1)C(C)=O. The van der Waals surface area contributed by atoms with Crippen molar-refractivity contribution in [3.05, 3.63) is 71.5 Å². The summed E-state index contributed by atoms with van der Waals surface area (Å²) >= 11 is 0. The molecule has 1 N–H and O–H groups in total. The van der Waals surface area contributed by atoms with Crippen molar-refractivity contribution in [3.8, 4) is 0 Å². The van der Waals surface area contributed by atoms with Crippen LogP contribution < -0.4 is 5.32 Å². The normalized spacial score (nSPS) is 11.6. The van der Waals surface area contributed by atoms with Gasteiger partial charge in [0.25, 0.3) is 0 Å². The number of halogens is 1. The zero-order chi connectivity index (χ0) is 17.5. The highest BCUT2D eigenvalue weighted by Gasteiger charge is 2.29. The third-order valence-corrected chi connectivity index (χ3v) is 3.70. The fourth-order valence-corrected chi connectivity index (χ4v) is 2.55. The van der Waals surface area contributed by atoms with E-state index in [1.165, 1.54) is 24.0 Å². The molecule has 4 nitrogen and oxygen atoms in total. The van der Waals surface area contributed by atoms with Crippen LogP contribution >= 0.6 is 0 Å². The Kier molecular flexibility index (Phi) is 6.07. The first kappa shape index (κ1) is 17.7. The molecular weight excluding hydrogens is 307 g/mol. The Morgan fingerprint density at radius 2 is 1.71 bits per heavy atom. The van der Waals surface area contributed by atoms with Crippen molar-refractivity contribution in [2.24, 2.45) is 0 Å².